The fourth-order valence-electron chi connectivity index (χ4n) is 0.964. The van der Waals surface area contributed by atoms with Gasteiger partial charge in [-0.3, -0.25) is 4.40 Å². The molecule has 0 aliphatic heterocycles. The van der Waals surface area contributed by atoms with Crippen LogP contribution in [0.3, 0.4) is 0 Å². The highest BCUT2D eigenvalue weighted by molar-refractivity contribution is 14.1. The maximum absolute atomic E-state index is 5.99. The van der Waals surface area contributed by atoms with Crippen molar-refractivity contribution in [2.45, 2.75) is 0 Å². The molecule has 0 radical (unpaired) electrons. The van der Waals surface area contributed by atoms with Crippen LogP contribution in [-0.2, 0) is 0 Å². The molecule has 2 aromatic rings. The van der Waals surface area contributed by atoms with Crippen molar-refractivity contribution in [1.82, 2.24) is 9.38 Å². The molecule has 2 aromatic heterocycles. The molecule has 0 saturated heterocycles. The van der Waals surface area contributed by atoms with Gasteiger partial charge in [0.15, 0.2) is 5.65 Å². The molecule has 0 aliphatic carbocycles. The first kappa shape index (κ1) is 8.59. The molecular formula is C7H3Cl2IN2. The minimum absolute atomic E-state index is 0.573. The summed E-state index contributed by atoms with van der Waals surface area (Å²) in [6, 6.07) is 1.89. The summed E-state index contributed by atoms with van der Waals surface area (Å²) in [6.45, 7) is 0. The average molecular weight is 313 g/mol. The van der Waals surface area contributed by atoms with Crippen molar-refractivity contribution in [1.29, 1.82) is 0 Å². The Hall–Kier alpha value is -0.0000000000000000555. The summed E-state index contributed by atoms with van der Waals surface area (Å²) in [5.74, 6) is 0. The molecule has 0 unspecified atom stereocenters. The van der Waals surface area contributed by atoms with Gasteiger partial charge in [0.2, 0.25) is 0 Å². The Labute approximate surface area is 92.6 Å². The first-order chi connectivity index (χ1) is 5.70. The topological polar surface area (TPSA) is 17.3 Å². The van der Waals surface area contributed by atoms with Crippen LogP contribution in [-0.4, -0.2) is 9.38 Å². The van der Waals surface area contributed by atoms with Gasteiger partial charge < -0.3 is 0 Å². The summed E-state index contributed by atoms with van der Waals surface area (Å²) in [5, 5.41) is 1.22. The Morgan fingerprint density at radius 2 is 2.17 bits per heavy atom. The number of imidazole rings is 1. The second kappa shape index (κ2) is 3.05. The van der Waals surface area contributed by atoms with Gasteiger partial charge in [-0.2, -0.15) is 0 Å². The summed E-state index contributed by atoms with van der Waals surface area (Å²) in [5.41, 5.74) is 0.702. The molecule has 0 fully saturated rings. The molecule has 0 spiro atoms. The van der Waals surface area contributed by atoms with E-state index in [2.05, 4.69) is 27.6 Å². The van der Waals surface area contributed by atoms with Gasteiger partial charge in [0.05, 0.1) is 11.2 Å². The number of fused-ring (bicyclic) bond motifs is 1. The fourth-order valence-corrected chi connectivity index (χ4v) is 1.75. The van der Waals surface area contributed by atoms with Crippen LogP contribution in [0.1, 0.15) is 0 Å². The van der Waals surface area contributed by atoms with E-state index in [9.17, 15) is 0 Å². The Kier molecular flexibility index (Phi) is 2.18. The highest BCUT2D eigenvalue weighted by Gasteiger charge is 2.06. The summed E-state index contributed by atoms with van der Waals surface area (Å²) < 4.78 is 2.72. The van der Waals surface area contributed by atoms with Gasteiger partial charge in [0.25, 0.3) is 0 Å². The number of rotatable bonds is 0. The van der Waals surface area contributed by atoms with Crippen LogP contribution >= 0.6 is 45.8 Å². The molecule has 0 aliphatic rings. The second-order valence-electron chi connectivity index (χ2n) is 2.25. The van der Waals surface area contributed by atoms with Gasteiger partial charge in [-0.05, 0) is 28.7 Å². The van der Waals surface area contributed by atoms with E-state index in [1.807, 2.05) is 12.3 Å². The van der Waals surface area contributed by atoms with Gasteiger partial charge in [-0.25, -0.2) is 4.98 Å². The van der Waals surface area contributed by atoms with Gasteiger partial charge in [0, 0.05) is 9.77 Å². The number of nitrogens with zero attached hydrogens (tertiary/aromatic N) is 2. The van der Waals surface area contributed by atoms with Gasteiger partial charge in [-0.1, -0.05) is 23.2 Å². The van der Waals surface area contributed by atoms with E-state index in [0.29, 0.717) is 15.8 Å². The first-order valence-corrected chi connectivity index (χ1v) is 5.00. The summed E-state index contributed by atoms with van der Waals surface area (Å²) in [4.78, 5) is 4.07. The number of hydrogen-bond acceptors (Lipinski definition) is 1. The Bertz CT molecular complexity index is 438. The standard InChI is InChI=1S/C7H3Cl2IN2/c8-5-3-11-7-6(9)4(10)1-2-12(5)7/h1-3H. The van der Waals surface area contributed by atoms with Crippen LogP contribution in [0, 0.1) is 3.57 Å². The Morgan fingerprint density at radius 3 is 2.92 bits per heavy atom. The van der Waals surface area contributed by atoms with Crippen LogP contribution in [0.15, 0.2) is 18.5 Å². The third-order valence-electron chi connectivity index (χ3n) is 1.53. The lowest BCUT2D eigenvalue weighted by molar-refractivity contribution is 1.18. The van der Waals surface area contributed by atoms with Crippen molar-refractivity contribution in [3.05, 3.63) is 32.2 Å². The molecule has 0 amide bonds. The third-order valence-corrected chi connectivity index (χ3v) is 3.40. The molecule has 0 atom stereocenters. The van der Waals surface area contributed by atoms with E-state index in [1.165, 1.54) is 0 Å². The highest BCUT2D eigenvalue weighted by atomic mass is 127. The van der Waals surface area contributed by atoms with Gasteiger partial charge in [0.1, 0.15) is 5.15 Å². The van der Waals surface area contributed by atoms with Crippen LogP contribution in [0.25, 0.3) is 5.65 Å². The number of pyridine rings is 1. The van der Waals surface area contributed by atoms with Crippen molar-refractivity contribution in [3.63, 3.8) is 0 Å². The van der Waals surface area contributed by atoms with E-state index < -0.39 is 0 Å². The number of aromatic nitrogens is 2. The van der Waals surface area contributed by atoms with E-state index in [1.54, 1.807) is 10.6 Å². The largest absolute Gasteiger partial charge is 0.289 e. The molecule has 2 heterocycles. The van der Waals surface area contributed by atoms with E-state index in [-0.39, 0.29) is 0 Å². The zero-order chi connectivity index (χ0) is 8.72. The second-order valence-corrected chi connectivity index (χ2v) is 4.18. The van der Waals surface area contributed by atoms with Gasteiger partial charge >= 0.3 is 0 Å². The minimum Gasteiger partial charge on any atom is -0.289 e. The maximum Gasteiger partial charge on any atom is 0.157 e. The van der Waals surface area contributed by atoms with E-state index in [4.69, 9.17) is 23.2 Å². The summed E-state index contributed by atoms with van der Waals surface area (Å²) in [6.07, 6.45) is 3.43. The highest BCUT2D eigenvalue weighted by Crippen LogP contribution is 2.24. The maximum atomic E-state index is 5.99. The molecule has 12 heavy (non-hydrogen) atoms. The van der Waals surface area contributed by atoms with Crippen LogP contribution in [0.5, 0.6) is 0 Å². The van der Waals surface area contributed by atoms with Crippen molar-refractivity contribution in [2.24, 2.45) is 0 Å². The third kappa shape index (κ3) is 1.20. The average Bonchev–Trinajstić information content (AvgIpc) is 2.41. The SMILES string of the molecule is Clc1c(I)ccn2c(Cl)cnc12. The lowest BCUT2D eigenvalue weighted by Crippen LogP contribution is -1.86. The molecule has 62 valence electrons. The van der Waals surface area contributed by atoms with Crippen molar-refractivity contribution in [2.75, 3.05) is 0 Å². The van der Waals surface area contributed by atoms with Crippen LogP contribution in [0.4, 0.5) is 0 Å². The summed E-state index contributed by atoms with van der Waals surface area (Å²) >= 11 is 14.0. The van der Waals surface area contributed by atoms with Gasteiger partial charge in [-0.15, -0.1) is 0 Å². The Morgan fingerprint density at radius 1 is 1.42 bits per heavy atom. The van der Waals surface area contributed by atoms with Crippen molar-refractivity contribution < 1.29 is 0 Å². The van der Waals surface area contributed by atoms with Crippen LogP contribution < -0.4 is 0 Å². The molecule has 2 rings (SSSR count). The van der Waals surface area contributed by atoms with Crippen molar-refractivity contribution in [3.8, 4) is 0 Å². The lowest BCUT2D eigenvalue weighted by Gasteiger charge is -1.98. The zero-order valence-electron chi connectivity index (χ0n) is 5.76. The molecule has 0 N–H and O–H groups in total. The van der Waals surface area contributed by atoms with Crippen molar-refractivity contribution >= 4 is 51.4 Å². The first-order valence-electron chi connectivity index (χ1n) is 3.16. The van der Waals surface area contributed by atoms with E-state index in [0.717, 1.165) is 3.57 Å². The predicted molar refractivity (Wildman–Crippen MR) is 57.9 cm³/mol. The van der Waals surface area contributed by atoms with E-state index >= 15 is 0 Å². The monoisotopic (exact) mass is 312 g/mol. The molecular weight excluding hydrogens is 310 g/mol. The normalized spacial score (nSPS) is 10.9. The molecule has 2 nitrogen and oxygen atoms in total. The number of hydrogen-bond donors (Lipinski definition) is 0. The molecule has 0 aromatic carbocycles. The fraction of sp³-hybridized carbons (Fsp3) is 0. The quantitative estimate of drug-likeness (QED) is 0.683. The van der Waals surface area contributed by atoms with Crippen LogP contribution in [0.2, 0.25) is 10.2 Å². The predicted octanol–water partition coefficient (Wildman–Crippen LogP) is 3.25. The number of halogens is 3. The Balaban J connectivity index is 2.93. The smallest absolute Gasteiger partial charge is 0.157 e. The summed E-state index contributed by atoms with van der Waals surface area (Å²) in [7, 11) is 0. The molecule has 5 heteroatoms. The molecule has 0 saturated carbocycles. The minimum atomic E-state index is 0.573. The zero-order valence-corrected chi connectivity index (χ0v) is 9.43. The molecule has 0 bridgehead atoms. The lowest BCUT2D eigenvalue weighted by atomic mass is 10.5.